The van der Waals surface area contributed by atoms with Gasteiger partial charge in [-0.2, -0.15) is 4.52 Å². The zero-order valence-corrected chi connectivity index (χ0v) is 14.4. The van der Waals surface area contributed by atoms with Gasteiger partial charge >= 0.3 is 0 Å². The number of fused-ring (bicyclic) bond motifs is 2. The molecule has 5 rings (SSSR count). The zero-order chi connectivity index (χ0) is 17.5. The molecular formula is C19H17N7. The highest BCUT2D eigenvalue weighted by atomic mass is 15.4. The highest BCUT2D eigenvalue weighted by Crippen LogP contribution is 2.23. The van der Waals surface area contributed by atoms with E-state index in [0.29, 0.717) is 0 Å². The van der Waals surface area contributed by atoms with Gasteiger partial charge in [0.2, 0.25) is 0 Å². The normalized spacial score (nSPS) is 13.8. The molecule has 4 aromatic rings. The quantitative estimate of drug-likeness (QED) is 0.557. The number of hydrogen-bond acceptors (Lipinski definition) is 6. The Balaban J connectivity index is 1.54. The van der Waals surface area contributed by atoms with E-state index < -0.39 is 0 Å². The lowest BCUT2D eigenvalue weighted by molar-refractivity contribution is 0.680. The number of aromatic nitrogens is 6. The van der Waals surface area contributed by atoms with E-state index in [9.17, 15) is 0 Å². The summed E-state index contributed by atoms with van der Waals surface area (Å²) < 4.78 is 1.81. The van der Waals surface area contributed by atoms with Gasteiger partial charge in [0.15, 0.2) is 11.5 Å². The fourth-order valence-corrected chi connectivity index (χ4v) is 3.31. The van der Waals surface area contributed by atoms with Crippen molar-refractivity contribution in [3.05, 3.63) is 65.7 Å². The van der Waals surface area contributed by atoms with Crippen molar-refractivity contribution in [2.24, 2.45) is 0 Å². The minimum Gasteiger partial charge on any atom is -0.349 e. The largest absolute Gasteiger partial charge is 0.349 e. The monoisotopic (exact) mass is 343 g/mol. The van der Waals surface area contributed by atoms with Crippen LogP contribution in [0, 0.1) is 6.92 Å². The summed E-state index contributed by atoms with van der Waals surface area (Å²) >= 11 is 0. The van der Waals surface area contributed by atoms with Gasteiger partial charge in [0.05, 0.1) is 12.2 Å². The van der Waals surface area contributed by atoms with Gasteiger partial charge in [-0.3, -0.25) is 0 Å². The van der Waals surface area contributed by atoms with Crippen LogP contribution in [0.4, 0.5) is 5.82 Å². The smallest absolute Gasteiger partial charge is 0.185 e. The number of hydrogen-bond donors (Lipinski definition) is 0. The molecule has 7 heteroatoms. The molecule has 26 heavy (non-hydrogen) atoms. The molecule has 0 fully saturated rings. The van der Waals surface area contributed by atoms with Gasteiger partial charge < -0.3 is 4.90 Å². The SMILES string of the molecule is Cc1ncc2c(n1)CN(c1ccc3nnc(-c4ccccc4)n3n1)CC2. The lowest BCUT2D eigenvalue weighted by Gasteiger charge is -2.28. The Morgan fingerprint density at radius 3 is 2.77 bits per heavy atom. The topological polar surface area (TPSA) is 72.1 Å². The lowest BCUT2D eigenvalue weighted by Crippen LogP contribution is -2.32. The number of anilines is 1. The van der Waals surface area contributed by atoms with Crippen LogP contribution in [0.5, 0.6) is 0 Å². The van der Waals surface area contributed by atoms with Gasteiger partial charge in [-0.05, 0) is 31.0 Å². The van der Waals surface area contributed by atoms with Crippen molar-refractivity contribution < 1.29 is 0 Å². The summed E-state index contributed by atoms with van der Waals surface area (Å²) in [4.78, 5) is 11.1. The van der Waals surface area contributed by atoms with Crippen molar-refractivity contribution >= 4 is 11.5 Å². The molecule has 0 N–H and O–H groups in total. The third-order valence-corrected chi connectivity index (χ3v) is 4.67. The molecule has 0 spiro atoms. The Morgan fingerprint density at radius 1 is 1.00 bits per heavy atom. The lowest BCUT2D eigenvalue weighted by atomic mass is 10.1. The molecule has 0 aliphatic carbocycles. The third kappa shape index (κ3) is 2.48. The molecule has 1 aliphatic heterocycles. The molecule has 0 saturated heterocycles. The molecule has 128 valence electrons. The molecule has 3 aromatic heterocycles. The van der Waals surface area contributed by atoms with Gasteiger partial charge in [-0.15, -0.1) is 15.3 Å². The molecule has 0 saturated carbocycles. The second-order valence-corrected chi connectivity index (χ2v) is 6.41. The summed E-state index contributed by atoms with van der Waals surface area (Å²) in [6.45, 7) is 3.55. The standard InChI is InChI=1S/C19H17N7/c1-13-20-11-15-9-10-25(12-16(15)21-13)18-8-7-17-22-23-19(26(17)24-18)14-5-3-2-4-6-14/h2-8,11H,9-10,12H2,1H3. The predicted octanol–water partition coefficient (Wildman–Crippen LogP) is 2.45. The van der Waals surface area contributed by atoms with Gasteiger partial charge in [-0.1, -0.05) is 30.3 Å². The summed E-state index contributed by atoms with van der Waals surface area (Å²) in [6, 6.07) is 14.0. The molecule has 0 radical (unpaired) electrons. The molecular weight excluding hydrogens is 326 g/mol. The highest BCUT2D eigenvalue weighted by Gasteiger charge is 2.20. The Hall–Kier alpha value is -3.35. The zero-order valence-electron chi connectivity index (χ0n) is 14.4. The number of benzene rings is 1. The van der Waals surface area contributed by atoms with Crippen LogP contribution in [0.1, 0.15) is 17.1 Å². The Bertz CT molecular complexity index is 1090. The van der Waals surface area contributed by atoms with Crippen LogP contribution in [-0.2, 0) is 13.0 Å². The molecule has 0 amide bonds. The van der Waals surface area contributed by atoms with E-state index in [2.05, 4.69) is 25.1 Å². The number of nitrogens with zero attached hydrogens (tertiary/aromatic N) is 7. The van der Waals surface area contributed by atoms with Crippen molar-refractivity contribution in [2.75, 3.05) is 11.4 Å². The molecule has 0 bridgehead atoms. The molecule has 1 aromatic carbocycles. The first kappa shape index (κ1) is 14.9. The van der Waals surface area contributed by atoms with Crippen LogP contribution in [-0.4, -0.2) is 36.3 Å². The average Bonchev–Trinajstić information content (AvgIpc) is 3.11. The van der Waals surface area contributed by atoms with E-state index >= 15 is 0 Å². The molecule has 4 heterocycles. The fraction of sp³-hybridized carbons (Fsp3) is 0.211. The van der Waals surface area contributed by atoms with E-state index in [4.69, 9.17) is 5.10 Å². The summed E-state index contributed by atoms with van der Waals surface area (Å²) in [5.41, 5.74) is 4.04. The maximum Gasteiger partial charge on any atom is 0.185 e. The Kier molecular flexibility index (Phi) is 3.38. The van der Waals surface area contributed by atoms with E-state index in [0.717, 1.165) is 53.9 Å². The van der Waals surface area contributed by atoms with Gasteiger partial charge in [-0.25, -0.2) is 9.97 Å². The Labute approximate surface area is 150 Å². The van der Waals surface area contributed by atoms with Crippen molar-refractivity contribution in [3.8, 4) is 11.4 Å². The van der Waals surface area contributed by atoms with Gasteiger partial charge in [0, 0.05) is 18.3 Å². The average molecular weight is 343 g/mol. The number of rotatable bonds is 2. The van der Waals surface area contributed by atoms with Crippen LogP contribution >= 0.6 is 0 Å². The molecule has 7 nitrogen and oxygen atoms in total. The van der Waals surface area contributed by atoms with Gasteiger partial charge in [0.1, 0.15) is 11.6 Å². The highest BCUT2D eigenvalue weighted by molar-refractivity contribution is 5.59. The van der Waals surface area contributed by atoms with Crippen molar-refractivity contribution in [2.45, 2.75) is 19.9 Å². The van der Waals surface area contributed by atoms with Crippen LogP contribution in [0.3, 0.4) is 0 Å². The molecule has 0 unspecified atom stereocenters. The summed E-state index contributed by atoms with van der Waals surface area (Å²) in [5.74, 6) is 2.45. The minimum absolute atomic E-state index is 0.736. The summed E-state index contributed by atoms with van der Waals surface area (Å²) in [7, 11) is 0. The van der Waals surface area contributed by atoms with E-state index in [1.54, 1.807) is 0 Å². The first-order chi connectivity index (χ1) is 12.8. The summed E-state index contributed by atoms with van der Waals surface area (Å²) in [6.07, 6.45) is 2.86. The first-order valence-corrected chi connectivity index (χ1v) is 8.62. The first-order valence-electron chi connectivity index (χ1n) is 8.62. The van der Waals surface area contributed by atoms with Crippen molar-refractivity contribution in [1.82, 2.24) is 29.8 Å². The van der Waals surface area contributed by atoms with Crippen LogP contribution in [0.25, 0.3) is 17.0 Å². The second kappa shape index (κ2) is 5.87. The van der Waals surface area contributed by atoms with Gasteiger partial charge in [0.25, 0.3) is 0 Å². The van der Waals surface area contributed by atoms with E-state index in [1.165, 1.54) is 5.56 Å². The van der Waals surface area contributed by atoms with Crippen LogP contribution in [0.15, 0.2) is 48.7 Å². The van der Waals surface area contributed by atoms with Crippen LogP contribution in [0.2, 0.25) is 0 Å². The maximum atomic E-state index is 4.80. The second-order valence-electron chi connectivity index (χ2n) is 6.41. The molecule has 1 aliphatic rings. The summed E-state index contributed by atoms with van der Waals surface area (Å²) in [5, 5.41) is 13.4. The van der Waals surface area contributed by atoms with Crippen molar-refractivity contribution in [1.29, 1.82) is 0 Å². The Morgan fingerprint density at radius 2 is 1.88 bits per heavy atom. The van der Waals surface area contributed by atoms with Crippen LogP contribution < -0.4 is 4.90 Å². The van der Waals surface area contributed by atoms with E-state index in [1.807, 2.05) is 60.1 Å². The maximum absolute atomic E-state index is 4.80. The minimum atomic E-state index is 0.736. The third-order valence-electron chi connectivity index (χ3n) is 4.67. The molecule has 0 atom stereocenters. The fourth-order valence-electron chi connectivity index (χ4n) is 3.31. The van der Waals surface area contributed by atoms with Crippen molar-refractivity contribution in [3.63, 3.8) is 0 Å². The number of aryl methyl sites for hydroxylation is 1. The predicted molar refractivity (Wildman–Crippen MR) is 97.7 cm³/mol. The van der Waals surface area contributed by atoms with E-state index in [-0.39, 0.29) is 0 Å².